The summed E-state index contributed by atoms with van der Waals surface area (Å²) in [4.78, 5) is 27.9. The summed E-state index contributed by atoms with van der Waals surface area (Å²) < 4.78 is 1.02. The summed E-state index contributed by atoms with van der Waals surface area (Å²) in [6, 6.07) is 12.9. The van der Waals surface area contributed by atoms with Crippen molar-refractivity contribution in [2.24, 2.45) is 0 Å². The molecule has 2 aromatic rings. The summed E-state index contributed by atoms with van der Waals surface area (Å²) in [5, 5.41) is 4.12. The lowest BCUT2D eigenvalue weighted by molar-refractivity contribution is -0.139. The summed E-state index contributed by atoms with van der Waals surface area (Å²) >= 11 is 17.7. The number of halogens is 3. The van der Waals surface area contributed by atoms with Crippen LogP contribution in [0.4, 0.5) is 0 Å². The van der Waals surface area contributed by atoms with Gasteiger partial charge in [0.1, 0.15) is 6.04 Å². The Morgan fingerprint density at radius 1 is 1.09 bits per heavy atom. The van der Waals surface area contributed by atoms with Crippen molar-refractivity contribution in [3.05, 3.63) is 68.1 Å². The van der Waals surface area contributed by atoms with Gasteiger partial charge in [-0.3, -0.25) is 9.59 Å². The first-order valence-corrected chi connectivity index (χ1v) is 13.9. The van der Waals surface area contributed by atoms with E-state index >= 15 is 0 Å². The van der Waals surface area contributed by atoms with Crippen LogP contribution in [0.1, 0.15) is 50.2 Å². The smallest absolute Gasteiger partial charge is 0.242 e. The Labute approximate surface area is 218 Å². The highest BCUT2D eigenvalue weighted by atomic mass is 79.9. The Balaban J connectivity index is 1.69. The van der Waals surface area contributed by atoms with Crippen molar-refractivity contribution < 1.29 is 9.59 Å². The van der Waals surface area contributed by atoms with E-state index in [1.807, 2.05) is 24.3 Å². The fourth-order valence-corrected chi connectivity index (χ4v) is 5.58. The van der Waals surface area contributed by atoms with Crippen LogP contribution >= 0.6 is 50.9 Å². The largest absolute Gasteiger partial charge is 0.352 e. The lowest BCUT2D eigenvalue weighted by atomic mass is 9.95. The van der Waals surface area contributed by atoms with Crippen LogP contribution in [0.25, 0.3) is 0 Å². The van der Waals surface area contributed by atoms with Gasteiger partial charge in [0.25, 0.3) is 0 Å². The molecule has 0 spiro atoms. The van der Waals surface area contributed by atoms with E-state index in [0.717, 1.165) is 35.7 Å². The van der Waals surface area contributed by atoms with Crippen molar-refractivity contribution in [1.82, 2.24) is 10.2 Å². The van der Waals surface area contributed by atoms with Crippen molar-refractivity contribution in [2.45, 2.75) is 63.4 Å². The van der Waals surface area contributed by atoms with Gasteiger partial charge in [-0.15, -0.1) is 11.8 Å². The van der Waals surface area contributed by atoms with E-state index in [1.165, 1.54) is 18.2 Å². The molecule has 33 heavy (non-hydrogen) atoms. The predicted octanol–water partition coefficient (Wildman–Crippen LogP) is 6.86. The maximum Gasteiger partial charge on any atom is 0.242 e. The number of thioether (sulfide) groups is 1. The summed E-state index contributed by atoms with van der Waals surface area (Å²) in [6.45, 7) is 1.97. The van der Waals surface area contributed by atoms with E-state index in [0.29, 0.717) is 21.4 Å². The van der Waals surface area contributed by atoms with Crippen LogP contribution in [0.15, 0.2) is 46.9 Å². The van der Waals surface area contributed by atoms with Crippen LogP contribution in [0.2, 0.25) is 10.0 Å². The predicted molar refractivity (Wildman–Crippen MR) is 142 cm³/mol. The number of nitrogens with one attached hydrogen (secondary N) is 1. The van der Waals surface area contributed by atoms with Crippen LogP contribution in [-0.2, 0) is 21.9 Å². The molecule has 1 N–H and O–H groups in total. The van der Waals surface area contributed by atoms with Gasteiger partial charge < -0.3 is 10.2 Å². The molecule has 4 nitrogen and oxygen atoms in total. The number of hydrogen-bond acceptors (Lipinski definition) is 3. The van der Waals surface area contributed by atoms with Gasteiger partial charge in [-0.1, -0.05) is 76.6 Å². The van der Waals surface area contributed by atoms with Crippen molar-refractivity contribution in [3.63, 3.8) is 0 Å². The minimum Gasteiger partial charge on any atom is -0.352 e. The molecular formula is C25H29BrCl2N2O2S. The lowest BCUT2D eigenvalue weighted by Gasteiger charge is -2.31. The molecule has 0 aromatic heterocycles. The quantitative estimate of drug-likeness (QED) is 0.358. The average Bonchev–Trinajstić information content (AvgIpc) is 2.80. The van der Waals surface area contributed by atoms with Crippen molar-refractivity contribution >= 4 is 62.7 Å². The third-order valence-electron chi connectivity index (χ3n) is 5.92. The third-order valence-corrected chi connectivity index (χ3v) is 8.14. The van der Waals surface area contributed by atoms with Gasteiger partial charge in [0.2, 0.25) is 11.8 Å². The fourth-order valence-electron chi connectivity index (χ4n) is 3.92. The standard InChI is InChI=1S/C25H29BrCl2N2O2S/c1-17(25(32)29-20-6-3-2-4-7-20)30(14-21-22(27)8-5-9-23(21)28)24(31)16-33-15-18-10-12-19(26)13-11-18/h5,8-13,17,20H,2-4,6-7,14-16H2,1H3,(H,29,32)/t17-/m0/s1. The third kappa shape index (κ3) is 7.91. The fraction of sp³-hybridized carbons (Fsp3) is 0.440. The normalized spacial score (nSPS) is 15.2. The second-order valence-electron chi connectivity index (χ2n) is 8.36. The number of amides is 2. The molecule has 1 saturated carbocycles. The molecule has 0 radical (unpaired) electrons. The van der Waals surface area contributed by atoms with E-state index in [4.69, 9.17) is 23.2 Å². The molecule has 0 saturated heterocycles. The molecule has 1 aliphatic carbocycles. The summed E-state index contributed by atoms with van der Waals surface area (Å²) in [5.74, 6) is 0.734. The number of nitrogens with zero attached hydrogens (tertiary/aromatic N) is 1. The molecule has 0 aliphatic heterocycles. The summed E-state index contributed by atoms with van der Waals surface area (Å²) in [7, 11) is 0. The van der Waals surface area contributed by atoms with Gasteiger partial charge in [-0.25, -0.2) is 0 Å². The molecule has 2 aromatic carbocycles. The first kappa shape index (κ1) is 26.4. The zero-order valence-electron chi connectivity index (χ0n) is 18.7. The lowest BCUT2D eigenvalue weighted by Crippen LogP contribution is -2.50. The number of hydrogen-bond donors (Lipinski definition) is 1. The highest BCUT2D eigenvalue weighted by Crippen LogP contribution is 2.27. The molecule has 8 heteroatoms. The number of rotatable bonds is 9. The van der Waals surface area contributed by atoms with E-state index in [9.17, 15) is 9.59 Å². The second kappa shape index (κ2) is 13.0. The topological polar surface area (TPSA) is 49.4 Å². The zero-order chi connectivity index (χ0) is 23.8. The van der Waals surface area contributed by atoms with Crippen molar-refractivity contribution in [3.8, 4) is 0 Å². The van der Waals surface area contributed by atoms with Gasteiger partial charge in [0.05, 0.1) is 5.75 Å². The van der Waals surface area contributed by atoms with Crippen molar-refractivity contribution in [1.29, 1.82) is 0 Å². The van der Waals surface area contributed by atoms with Gasteiger partial charge in [0.15, 0.2) is 0 Å². The van der Waals surface area contributed by atoms with Crippen LogP contribution < -0.4 is 5.32 Å². The van der Waals surface area contributed by atoms with E-state index in [2.05, 4.69) is 21.2 Å². The number of carbonyl (C=O) groups is 2. The highest BCUT2D eigenvalue weighted by Gasteiger charge is 2.29. The van der Waals surface area contributed by atoms with Crippen LogP contribution in [0.3, 0.4) is 0 Å². The van der Waals surface area contributed by atoms with Gasteiger partial charge in [-0.2, -0.15) is 0 Å². The molecule has 0 unspecified atom stereocenters. The number of benzene rings is 2. The Morgan fingerprint density at radius 3 is 2.36 bits per heavy atom. The van der Waals surface area contributed by atoms with Crippen molar-refractivity contribution in [2.75, 3.05) is 5.75 Å². The Hall–Kier alpha value is -1.21. The summed E-state index contributed by atoms with van der Waals surface area (Å²) in [5.41, 5.74) is 1.80. The van der Waals surface area contributed by atoms with Crippen LogP contribution in [0.5, 0.6) is 0 Å². The molecule has 2 amide bonds. The maximum atomic E-state index is 13.3. The molecule has 178 valence electrons. The van der Waals surface area contributed by atoms with E-state index in [-0.39, 0.29) is 30.2 Å². The Morgan fingerprint density at radius 2 is 1.73 bits per heavy atom. The summed E-state index contributed by atoms with van der Waals surface area (Å²) in [6.07, 6.45) is 5.46. The first-order valence-electron chi connectivity index (χ1n) is 11.2. The Bertz CT molecular complexity index is 932. The average molecular weight is 572 g/mol. The Kier molecular flexibility index (Phi) is 10.4. The van der Waals surface area contributed by atoms with Crippen LogP contribution in [0, 0.1) is 0 Å². The minimum absolute atomic E-state index is 0.112. The molecule has 1 fully saturated rings. The molecular weight excluding hydrogens is 543 g/mol. The van der Waals surface area contributed by atoms with E-state index < -0.39 is 6.04 Å². The van der Waals surface area contributed by atoms with E-state index in [1.54, 1.807) is 30.0 Å². The SMILES string of the molecule is C[C@@H](C(=O)NC1CCCCC1)N(Cc1c(Cl)cccc1Cl)C(=O)CSCc1ccc(Br)cc1. The molecule has 0 heterocycles. The zero-order valence-corrected chi connectivity index (χ0v) is 22.6. The molecule has 1 aliphatic rings. The minimum atomic E-state index is -0.625. The van der Waals surface area contributed by atoms with Gasteiger partial charge >= 0.3 is 0 Å². The van der Waals surface area contributed by atoms with Gasteiger partial charge in [-0.05, 0) is 49.6 Å². The second-order valence-corrected chi connectivity index (χ2v) is 11.1. The molecule has 1 atom stereocenters. The highest BCUT2D eigenvalue weighted by molar-refractivity contribution is 9.10. The molecule has 0 bridgehead atoms. The maximum absolute atomic E-state index is 13.3. The van der Waals surface area contributed by atoms with Gasteiger partial charge in [0, 0.05) is 38.4 Å². The van der Waals surface area contributed by atoms with Crippen LogP contribution in [-0.4, -0.2) is 34.6 Å². The first-order chi connectivity index (χ1) is 15.8. The molecule has 3 rings (SSSR count). The monoisotopic (exact) mass is 570 g/mol. The number of carbonyl (C=O) groups excluding carboxylic acids is 2.